The van der Waals surface area contributed by atoms with Gasteiger partial charge in [-0.2, -0.15) is 0 Å². The second kappa shape index (κ2) is 5.35. The van der Waals surface area contributed by atoms with Crippen molar-refractivity contribution in [3.8, 4) is 0 Å². The van der Waals surface area contributed by atoms with Gasteiger partial charge in [0.15, 0.2) is 0 Å². The topological polar surface area (TPSA) is 53.4 Å². The van der Waals surface area contributed by atoms with Gasteiger partial charge in [0.05, 0.1) is 5.52 Å². The van der Waals surface area contributed by atoms with Crippen LogP contribution in [0.2, 0.25) is 0 Å². The zero-order valence-electron chi connectivity index (χ0n) is 12.4. The molecule has 0 saturated carbocycles. The van der Waals surface area contributed by atoms with Crippen LogP contribution >= 0.6 is 0 Å². The SMILES string of the molecule is Cc1cc2ccccc2nc1N1CCCC(C)C1C(=O)O. The average Bonchev–Trinajstić information content (AvgIpc) is 2.45. The zero-order chi connectivity index (χ0) is 15.0. The van der Waals surface area contributed by atoms with Crippen LogP contribution in [-0.2, 0) is 4.79 Å². The maximum atomic E-state index is 11.7. The van der Waals surface area contributed by atoms with Crippen molar-refractivity contribution in [1.29, 1.82) is 0 Å². The first-order chi connectivity index (χ1) is 10.1. The Balaban J connectivity index is 2.09. The van der Waals surface area contributed by atoms with Crippen LogP contribution in [0.15, 0.2) is 30.3 Å². The molecule has 0 amide bonds. The van der Waals surface area contributed by atoms with Gasteiger partial charge in [0.25, 0.3) is 0 Å². The minimum Gasteiger partial charge on any atom is -0.480 e. The van der Waals surface area contributed by atoms with E-state index in [4.69, 9.17) is 4.98 Å². The minimum atomic E-state index is -0.753. The van der Waals surface area contributed by atoms with Gasteiger partial charge in [-0.3, -0.25) is 0 Å². The van der Waals surface area contributed by atoms with Gasteiger partial charge in [-0.05, 0) is 43.4 Å². The summed E-state index contributed by atoms with van der Waals surface area (Å²) in [5.74, 6) is 0.202. The molecule has 1 N–H and O–H groups in total. The fourth-order valence-corrected chi connectivity index (χ4v) is 3.30. The van der Waals surface area contributed by atoms with Gasteiger partial charge >= 0.3 is 5.97 Å². The number of hydrogen-bond donors (Lipinski definition) is 1. The molecule has 0 spiro atoms. The molecule has 4 heteroatoms. The van der Waals surface area contributed by atoms with Crippen LogP contribution in [0, 0.1) is 12.8 Å². The Morgan fingerprint density at radius 3 is 2.90 bits per heavy atom. The Bertz CT molecular complexity index is 684. The number of carboxylic acids is 1. The van der Waals surface area contributed by atoms with E-state index < -0.39 is 12.0 Å². The van der Waals surface area contributed by atoms with E-state index >= 15 is 0 Å². The van der Waals surface area contributed by atoms with E-state index in [1.54, 1.807) is 0 Å². The van der Waals surface area contributed by atoms with Crippen LogP contribution in [0.25, 0.3) is 10.9 Å². The lowest BCUT2D eigenvalue weighted by Gasteiger charge is -2.38. The molecular formula is C17H20N2O2. The summed E-state index contributed by atoms with van der Waals surface area (Å²) in [6.45, 7) is 4.78. The summed E-state index contributed by atoms with van der Waals surface area (Å²) in [6.07, 6.45) is 1.97. The van der Waals surface area contributed by atoms with E-state index in [1.807, 2.05) is 43.0 Å². The number of aryl methyl sites for hydroxylation is 1. The van der Waals surface area contributed by atoms with E-state index in [2.05, 4.69) is 6.07 Å². The van der Waals surface area contributed by atoms with Crippen molar-refractivity contribution >= 4 is 22.7 Å². The number of rotatable bonds is 2. The Morgan fingerprint density at radius 1 is 1.38 bits per heavy atom. The maximum absolute atomic E-state index is 11.7. The largest absolute Gasteiger partial charge is 0.480 e. The number of anilines is 1. The van der Waals surface area contributed by atoms with Crippen LogP contribution in [0.3, 0.4) is 0 Å². The van der Waals surface area contributed by atoms with Crippen molar-refractivity contribution in [3.05, 3.63) is 35.9 Å². The van der Waals surface area contributed by atoms with E-state index in [0.29, 0.717) is 0 Å². The summed E-state index contributed by atoms with van der Waals surface area (Å²) >= 11 is 0. The summed E-state index contributed by atoms with van der Waals surface area (Å²) in [6, 6.07) is 9.57. The normalized spacial score (nSPS) is 22.5. The number of hydrogen-bond acceptors (Lipinski definition) is 3. The van der Waals surface area contributed by atoms with E-state index in [-0.39, 0.29) is 5.92 Å². The molecule has 21 heavy (non-hydrogen) atoms. The first-order valence-electron chi connectivity index (χ1n) is 7.44. The van der Waals surface area contributed by atoms with Gasteiger partial charge in [0, 0.05) is 11.9 Å². The number of aliphatic carboxylic acids is 1. The monoisotopic (exact) mass is 284 g/mol. The molecule has 0 radical (unpaired) electrons. The predicted octanol–water partition coefficient (Wildman–Crippen LogP) is 3.23. The molecule has 3 rings (SSSR count). The molecule has 1 fully saturated rings. The number of pyridine rings is 1. The third kappa shape index (κ3) is 2.46. The molecule has 4 nitrogen and oxygen atoms in total. The van der Waals surface area contributed by atoms with Crippen LogP contribution in [0.1, 0.15) is 25.3 Å². The third-order valence-electron chi connectivity index (χ3n) is 4.35. The molecule has 2 aromatic rings. The first kappa shape index (κ1) is 13.9. The molecule has 1 aliphatic heterocycles. The van der Waals surface area contributed by atoms with Gasteiger partial charge < -0.3 is 10.0 Å². The molecule has 110 valence electrons. The van der Waals surface area contributed by atoms with Gasteiger partial charge in [0.2, 0.25) is 0 Å². The molecule has 0 aliphatic carbocycles. The summed E-state index contributed by atoms with van der Waals surface area (Å²) in [5, 5.41) is 10.7. The van der Waals surface area contributed by atoms with Crippen molar-refractivity contribution in [2.24, 2.45) is 5.92 Å². The molecule has 2 unspecified atom stereocenters. The highest BCUT2D eigenvalue weighted by Crippen LogP contribution is 2.31. The quantitative estimate of drug-likeness (QED) is 0.920. The average molecular weight is 284 g/mol. The molecule has 1 aliphatic rings. The molecule has 2 heterocycles. The smallest absolute Gasteiger partial charge is 0.326 e. The lowest BCUT2D eigenvalue weighted by Crippen LogP contribution is -2.50. The number of carbonyl (C=O) groups is 1. The van der Waals surface area contributed by atoms with Gasteiger partial charge in [0.1, 0.15) is 11.9 Å². The minimum absolute atomic E-state index is 0.143. The second-order valence-corrected chi connectivity index (χ2v) is 5.92. The number of benzene rings is 1. The molecule has 1 aromatic heterocycles. The summed E-state index contributed by atoms with van der Waals surface area (Å²) in [4.78, 5) is 18.4. The van der Waals surface area contributed by atoms with Crippen molar-refractivity contribution < 1.29 is 9.90 Å². The predicted molar refractivity (Wildman–Crippen MR) is 83.6 cm³/mol. The van der Waals surface area contributed by atoms with Crippen LogP contribution in [0.4, 0.5) is 5.82 Å². The maximum Gasteiger partial charge on any atom is 0.326 e. The van der Waals surface area contributed by atoms with E-state index in [0.717, 1.165) is 41.7 Å². The Hall–Kier alpha value is -2.10. The van der Waals surface area contributed by atoms with E-state index in [1.165, 1.54) is 0 Å². The molecule has 2 atom stereocenters. The van der Waals surface area contributed by atoms with Gasteiger partial charge in [-0.1, -0.05) is 25.1 Å². The Kier molecular flexibility index (Phi) is 3.53. The Morgan fingerprint density at radius 2 is 2.14 bits per heavy atom. The molecular weight excluding hydrogens is 264 g/mol. The summed E-state index contributed by atoms with van der Waals surface area (Å²) < 4.78 is 0. The van der Waals surface area contributed by atoms with Gasteiger partial charge in [-0.25, -0.2) is 9.78 Å². The van der Waals surface area contributed by atoms with Crippen molar-refractivity contribution in [2.45, 2.75) is 32.7 Å². The molecule has 0 bridgehead atoms. The first-order valence-corrected chi connectivity index (χ1v) is 7.44. The van der Waals surface area contributed by atoms with Crippen molar-refractivity contribution in [2.75, 3.05) is 11.4 Å². The number of carboxylic acid groups (broad SMARTS) is 1. The summed E-state index contributed by atoms with van der Waals surface area (Å²) in [5.41, 5.74) is 1.95. The van der Waals surface area contributed by atoms with E-state index in [9.17, 15) is 9.90 Å². The molecule has 1 saturated heterocycles. The van der Waals surface area contributed by atoms with Crippen molar-refractivity contribution in [1.82, 2.24) is 4.98 Å². The van der Waals surface area contributed by atoms with Gasteiger partial charge in [-0.15, -0.1) is 0 Å². The fourth-order valence-electron chi connectivity index (χ4n) is 3.30. The van der Waals surface area contributed by atoms with Crippen LogP contribution in [-0.4, -0.2) is 28.6 Å². The molecule has 1 aromatic carbocycles. The number of para-hydroxylation sites is 1. The highest BCUT2D eigenvalue weighted by molar-refractivity contribution is 5.84. The summed E-state index contributed by atoms with van der Waals surface area (Å²) in [7, 11) is 0. The van der Waals surface area contributed by atoms with Crippen LogP contribution in [0.5, 0.6) is 0 Å². The third-order valence-corrected chi connectivity index (χ3v) is 4.35. The fraction of sp³-hybridized carbons (Fsp3) is 0.412. The lowest BCUT2D eigenvalue weighted by atomic mass is 9.90. The van der Waals surface area contributed by atoms with Crippen molar-refractivity contribution in [3.63, 3.8) is 0 Å². The Labute approximate surface area is 124 Å². The second-order valence-electron chi connectivity index (χ2n) is 5.92. The number of fused-ring (bicyclic) bond motifs is 1. The number of aromatic nitrogens is 1. The standard InChI is InChI=1S/C17H20N2O2/c1-11-6-5-9-19(15(11)17(20)21)16-12(2)10-13-7-3-4-8-14(13)18-16/h3-4,7-8,10-11,15H,5-6,9H2,1-2H3,(H,20,21). The number of piperidine rings is 1. The number of nitrogens with zero attached hydrogens (tertiary/aromatic N) is 2. The highest BCUT2D eigenvalue weighted by atomic mass is 16.4. The zero-order valence-corrected chi connectivity index (χ0v) is 12.4. The lowest BCUT2D eigenvalue weighted by molar-refractivity contribution is -0.140. The highest BCUT2D eigenvalue weighted by Gasteiger charge is 2.35. The van der Waals surface area contributed by atoms with Crippen LogP contribution < -0.4 is 4.90 Å².